The number of hydrogen-bond donors (Lipinski definition) is 1. The second-order valence-electron chi connectivity index (χ2n) is 5.96. The Morgan fingerprint density at radius 1 is 1.32 bits per heavy atom. The van der Waals surface area contributed by atoms with Gasteiger partial charge in [-0.05, 0) is 37.1 Å². The lowest BCUT2D eigenvalue weighted by Gasteiger charge is -2.34. The molecule has 0 bridgehead atoms. The van der Waals surface area contributed by atoms with E-state index >= 15 is 0 Å². The zero-order chi connectivity index (χ0) is 16.0. The van der Waals surface area contributed by atoms with E-state index in [0.717, 1.165) is 19.4 Å². The fourth-order valence-electron chi connectivity index (χ4n) is 2.90. The van der Waals surface area contributed by atoms with Gasteiger partial charge < -0.3 is 14.6 Å². The summed E-state index contributed by atoms with van der Waals surface area (Å²) < 4.78 is 11.3. The van der Waals surface area contributed by atoms with Crippen molar-refractivity contribution in [1.82, 2.24) is 4.90 Å². The zero-order valence-electron chi connectivity index (χ0n) is 13.4. The minimum atomic E-state index is -0.987. The lowest BCUT2D eigenvalue weighted by molar-refractivity contribution is -0.0673. The molecule has 0 spiro atoms. The van der Waals surface area contributed by atoms with Gasteiger partial charge in [-0.25, -0.2) is 0 Å². The van der Waals surface area contributed by atoms with Crippen molar-refractivity contribution in [2.75, 3.05) is 32.9 Å². The Hall–Kier alpha value is -0.810. The van der Waals surface area contributed by atoms with Crippen molar-refractivity contribution in [3.8, 4) is 5.75 Å². The maximum absolute atomic E-state index is 10.9. The molecule has 0 aromatic heterocycles. The first-order valence-corrected chi connectivity index (χ1v) is 8.36. The van der Waals surface area contributed by atoms with Crippen LogP contribution in [0.2, 0.25) is 5.02 Å². The van der Waals surface area contributed by atoms with Gasteiger partial charge in [-0.15, -0.1) is 0 Å². The first-order valence-electron chi connectivity index (χ1n) is 7.99. The van der Waals surface area contributed by atoms with E-state index in [1.54, 1.807) is 12.1 Å². The Morgan fingerprint density at radius 3 is 2.64 bits per heavy atom. The molecule has 1 aromatic rings. The molecule has 5 heteroatoms. The number of ether oxygens (including phenoxy) is 2. The number of halogens is 1. The molecule has 0 aliphatic carbocycles. The van der Waals surface area contributed by atoms with E-state index < -0.39 is 5.60 Å². The molecule has 1 N–H and O–H groups in total. The van der Waals surface area contributed by atoms with Crippen LogP contribution in [0.1, 0.15) is 26.7 Å². The number of nitrogens with zero attached hydrogens (tertiary/aromatic N) is 1. The summed E-state index contributed by atoms with van der Waals surface area (Å²) in [6, 6.07) is 7.65. The highest BCUT2D eigenvalue weighted by molar-refractivity contribution is 6.30. The van der Waals surface area contributed by atoms with Crippen molar-refractivity contribution in [3.63, 3.8) is 0 Å². The SMILES string of the molecule is CCC(CC)N1CCOC[C@](O)(COc2ccc(Cl)cc2)C1. The van der Waals surface area contributed by atoms with Gasteiger partial charge in [0.25, 0.3) is 0 Å². The first-order chi connectivity index (χ1) is 10.6. The van der Waals surface area contributed by atoms with Crippen LogP contribution < -0.4 is 4.74 Å². The third-order valence-corrected chi connectivity index (χ3v) is 4.42. The Kier molecular flexibility index (Phi) is 6.50. The highest BCUT2D eigenvalue weighted by Gasteiger charge is 2.35. The smallest absolute Gasteiger partial charge is 0.134 e. The molecule has 0 saturated carbocycles. The minimum absolute atomic E-state index is 0.214. The Balaban J connectivity index is 1.98. The summed E-state index contributed by atoms with van der Waals surface area (Å²) >= 11 is 5.86. The molecule has 1 heterocycles. The van der Waals surface area contributed by atoms with Crippen LogP contribution in [0.4, 0.5) is 0 Å². The van der Waals surface area contributed by atoms with E-state index in [2.05, 4.69) is 18.7 Å². The Morgan fingerprint density at radius 2 is 2.00 bits per heavy atom. The van der Waals surface area contributed by atoms with Gasteiger partial charge >= 0.3 is 0 Å². The van der Waals surface area contributed by atoms with Gasteiger partial charge in [-0.2, -0.15) is 0 Å². The van der Waals surface area contributed by atoms with Crippen LogP contribution in [0.3, 0.4) is 0 Å². The second-order valence-corrected chi connectivity index (χ2v) is 6.40. The second kappa shape index (κ2) is 8.16. The van der Waals surface area contributed by atoms with Crippen LogP contribution in [0.5, 0.6) is 5.75 Å². The van der Waals surface area contributed by atoms with Crippen molar-refractivity contribution in [2.45, 2.75) is 38.3 Å². The van der Waals surface area contributed by atoms with E-state index in [0.29, 0.717) is 36.6 Å². The molecular formula is C17H26ClNO3. The summed E-state index contributed by atoms with van der Waals surface area (Å²) in [6.45, 7) is 6.97. The van der Waals surface area contributed by atoms with Gasteiger partial charge in [0.2, 0.25) is 0 Å². The van der Waals surface area contributed by atoms with Crippen LogP contribution in [-0.4, -0.2) is 54.6 Å². The number of rotatable bonds is 6. The fraction of sp³-hybridized carbons (Fsp3) is 0.647. The van der Waals surface area contributed by atoms with E-state index in [4.69, 9.17) is 21.1 Å². The molecule has 1 fully saturated rings. The predicted molar refractivity (Wildman–Crippen MR) is 88.7 cm³/mol. The number of β-amino-alcohol motifs (C(OH)–C–C–N with tert-alkyl or cyclic N) is 1. The van der Waals surface area contributed by atoms with Crippen LogP contribution >= 0.6 is 11.6 Å². The van der Waals surface area contributed by atoms with Crippen molar-refractivity contribution >= 4 is 11.6 Å². The number of hydrogen-bond acceptors (Lipinski definition) is 4. The van der Waals surface area contributed by atoms with Crippen LogP contribution in [0.25, 0.3) is 0 Å². The summed E-state index contributed by atoms with van der Waals surface area (Å²) in [5, 5.41) is 11.5. The number of benzene rings is 1. The van der Waals surface area contributed by atoms with Gasteiger partial charge in [0.1, 0.15) is 18.0 Å². The standard InChI is InChI=1S/C17H26ClNO3/c1-3-15(4-2)19-9-10-21-12-17(20,11-19)13-22-16-7-5-14(18)6-8-16/h5-8,15,20H,3-4,9-13H2,1-2H3/t17-/m0/s1. The highest BCUT2D eigenvalue weighted by atomic mass is 35.5. The van der Waals surface area contributed by atoms with E-state index in [1.165, 1.54) is 0 Å². The summed E-state index contributed by atoms with van der Waals surface area (Å²) in [4.78, 5) is 2.32. The molecule has 22 heavy (non-hydrogen) atoms. The minimum Gasteiger partial charge on any atom is -0.490 e. The molecule has 0 unspecified atom stereocenters. The first kappa shape index (κ1) is 17.5. The van der Waals surface area contributed by atoms with Crippen molar-refractivity contribution < 1.29 is 14.6 Å². The van der Waals surface area contributed by atoms with Gasteiger partial charge in [0, 0.05) is 24.2 Å². The molecule has 2 rings (SSSR count). The molecule has 0 amide bonds. The molecule has 4 nitrogen and oxygen atoms in total. The molecule has 1 saturated heterocycles. The lowest BCUT2D eigenvalue weighted by atomic mass is 10.0. The average Bonchev–Trinajstić information content (AvgIpc) is 2.71. The number of aliphatic hydroxyl groups is 1. The molecule has 124 valence electrons. The van der Waals surface area contributed by atoms with Gasteiger partial charge in [-0.1, -0.05) is 25.4 Å². The maximum Gasteiger partial charge on any atom is 0.134 e. The maximum atomic E-state index is 10.9. The molecule has 1 aliphatic heterocycles. The van der Waals surface area contributed by atoms with E-state index in [9.17, 15) is 5.11 Å². The summed E-state index contributed by atoms with van der Waals surface area (Å²) in [5.74, 6) is 0.705. The Bertz CT molecular complexity index is 450. The summed E-state index contributed by atoms with van der Waals surface area (Å²) in [5.41, 5.74) is -0.987. The fourth-order valence-corrected chi connectivity index (χ4v) is 3.03. The molecule has 1 aromatic carbocycles. The molecule has 1 aliphatic rings. The largest absolute Gasteiger partial charge is 0.490 e. The average molecular weight is 328 g/mol. The van der Waals surface area contributed by atoms with Gasteiger partial charge in [-0.3, -0.25) is 4.90 Å². The van der Waals surface area contributed by atoms with Gasteiger partial charge in [0.05, 0.1) is 13.2 Å². The quantitative estimate of drug-likeness (QED) is 0.872. The molecule has 1 atom stereocenters. The summed E-state index contributed by atoms with van der Waals surface area (Å²) in [6.07, 6.45) is 2.15. The van der Waals surface area contributed by atoms with Crippen molar-refractivity contribution in [3.05, 3.63) is 29.3 Å². The molecule has 0 radical (unpaired) electrons. The highest BCUT2D eigenvalue weighted by Crippen LogP contribution is 2.21. The van der Waals surface area contributed by atoms with Crippen LogP contribution in [0.15, 0.2) is 24.3 Å². The van der Waals surface area contributed by atoms with E-state index in [-0.39, 0.29) is 6.61 Å². The van der Waals surface area contributed by atoms with Gasteiger partial charge in [0.15, 0.2) is 0 Å². The third kappa shape index (κ3) is 4.85. The van der Waals surface area contributed by atoms with Crippen LogP contribution in [-0.2, 0) is 4.74 Å². The normalized spacial score (nSPS) is 23.5. The predicted octanol–water partition coefficient (Wildman–Crippen LogP) is 2.97. The summed E-state index contributed by atoms with van der Waals surface area (Å²) in [7, 11) is 0. The van der Waals surface area contributed by atoms with Crippen molar-refractivity contribution in [1.29, 1.82) is 0 Å². The van der Waals surface area contributed by atoms with Crippen LogP contribution in [0, 0.1) is 0 Å². The topological polar surface area (TPSA) is 41.9 Å². The molecular weight excluding hydrogens is 302 g/mol. The Labute approximate surface area is 138 Å². The lowest BCUT2D eigenvalue weighted by Crippen LogP contribution is -2.51. The third-order valence-electron chi connectivity index (χ3n) is 4.17. The monoisotopic (exact) mass is 327 g/mol. The zero-order valence-corrected chi connectivity index (χ0v) is 14.2. The van der Waals surface area contributed by atoms with Crippen molar-refractivity contribution in [2.24, 2.45) is 0 Å². The van der Waals surface area contributed by atoms with E-state index in [1.807, 2.05) is 12.1 Å².